The van der Waals surface area contributed by atoms with Gasteiger partial charge in [0.25, 0.3) is 11.8 Å². The number of carbonyl (C=O) groups is 3. The van der Waals surface area contributed by atoms with Crippen molar-refractivity contribution in [2.45, 2.75) is 18.9 Å². The predicted molar refractivity (Wildman–Crippen MR) is 122 cm³/mol. The highest BCUT2D eigenvalue weighted by Gasteiger charge is 2.34. The summed E-state index contributed by atoms with van der Waals surface area (Å²) in [6, 6.07) is 12.3. The van der Waals surface area contributed by atoms with Crippen LogP contribution in [0.4, 0.5) is 5.69 Å². The van der Waals surface area contributed by atoms with Crippen LogP contribution in [0.25, 0.3) is 0 Å². The molecule has 0 saturated carbocycles. The second kappa shape index (κ2) is 8.94. The number of para-hydroxylation sites is 2. The topological polar surface area (TPSA) is 79.4 Å². The normalized spacial score (nSPS) is 20.2. The lowest BCUT2D eigenvalue weighted by atomic mass is 10.1. The van der Waals surface area contributed by atoms with Crippen molar-refractivity contribution >= 4 is 35.0 Å². The fourth-order valence-electron chi connectivity index (χ4n) is 4.46. The molecular weight excluding hydrogens is 446 g/mol. The standard InChI is InChI=1S/C24H24ClN3O5/c25-16-7-8-17(18(14-16)28-9-3-6-22(28)29)23(30)26-10-12-27(13-11-26)24(31)21-15-32-19-4-1-2-5-20(19)33-21/h1-2,4-5,7-8,14,21H,3,6,9-13,15H2/t21-/m0/s1. The van der Waals surface area contributed by atoms with E-state index in [1.54, 1.807) is 45.0 Å². The molecule has 3 amide bonds. The molecule has 0 bridgehead atoms. The second-order valence-electron chi connectivity index (χ2n) is 8.29. The number of fused-ring (bicyclic) bond motifs is 1. The van der Waals surface area contributed by atoms with Crippen molar-refractivity contribution in [1.29, 1.82) is 0 Å². The Morgan fingerprint density at radius 3 is 2.39 bits per heavy atom. The third-order valence-electron chi connectivity index (χ3n) is 6.22. The molecule has 5 rings (SSSR count). The van der Waals surface area contributed by atoms with Crippen LogP contribution in [0, 0.1) is 0 Å². The van der Waals surface area contributed by atoms with Gasteiger partial charge in [0.1, 0.15) is 6.61 Å². The van der Waals surface area contributed by atoms with E-state index in [9.17, 15) is 14.4 Å². The van der Waals surface area contributed by atoms with Crippen LogP contribution in [0.15, 0.2) is 42.5 Å². The average molecular weight is 470 g/mol. The van der Waals surface area contributed by atoms with Crippen LogP contribution in [-0.4, -0.2) is 73.0 Å². The first kappa shape index (κ1) is 21.6. The Morgan fingerprint density at radius 1 is 0.939 bits per heavy atom. The molecule has 2 fully saturated rings. The van der Waals surface area contributed by atoms with Crippen LogP contribution in [0.2, 0.25) is 5.02 Å². The lowest BCUT2D eigenvalue weighted by Gasteiger charge is -2.37. The summed E-state index contributed by atoms with van der Waals surface area (Å²) in [4.78, 5) is 43.6. The van der Waals surface area contributed by atoms with Gasteiger partial charge in [-0.2, -0.15) is 0 Å². The first-order valence-electron chi connectivity index (χ1n) is 11.1. The van der Waals surface area contributed by atoms with E-state index in [-0.39, 0.29) is 24.3 Å². The lowest BCUT2D eigenvalue weighted by molar-refractivity contribution is -0.142. The summed E-state index contributed by atoms with van der Waals surface area (Å²) in [6.07, 6.45) is 0.529. The summed E-state index contributed by atoms with van der Waals surface area (Å²) in [5.41, 5.74) is 1.01. The molecule has 33 heavy (non-hydrogen) atoms. The molecule has 3 heterocycles. The van der Waals surface area contributed by atoms with Gasteiger partial charge in [-0.05, 0) is 36.8 Å². The van der Waals surface area contributed by atoms with Gasteiger partial charge in [-0.1, -0.05) is 23.7 Å². The first-order chi connectivity index (χ1) is 16.0. The number of halogens is 1. The number of ether oxygens (including phenoxy) is 2. The van der Waals surface area contributed by atoms with Crippen LogP contribution < -0.4 is 14.4 Å². The van der Waals surface area contributed by atoms with Crippen molar-refractivity contribution in [3.63, 3.8) is 0 Å². The summed E-state index contributed by atoms with van der Waals surface area (Å²) in [5.74, 6) is 0.874. The van der Waals surface area contributed by atoms with Crippen molar-refractivity contribution in [3.8, 4) is 11.5 Å². The molecule has 2 saturated heterocycles. The highest BCUT2D eigenvalue weighted by Crippen LogP contribution is 2.32. The molecule has 1 atom stereocenters. The van der Waals surface area contributed by atoms with E-state index in [4.69, 9.17) is 21.1 Å². The number of rotatable bonds is 3. The third kappa shape index (κ3) is 4.23. The average Bonchev–Trinajstić information content (AvgIpc) is 3.28. The highest BCUT2D eigenvalue weighted by atomic mass is 35.5. The molecule has 0 unspecified atom stereocenters. The summed E-state index contributed by atoms with van der Waals surface area (Å²) >= 11 is 6.16. The maximum Gasteiger partial charge on any atom is 0.267 e. The van der Waals surface area contributed by atoms with Gasteiger partial charge in [0, 0.05) is 44.2 Å². The third-order valence-corrected chi connectivity index (χ3v) is 6.45. The number of benzene rings is 2. The van der Waals surface area contributed by atoms with Gasteiger partial charge < -0.3 is 24.2 Å². The monoisotopic (exact) mass is 469 g/mol. The zero-order valence-electron chi connectivity index (χ0n) is 18.0. The molecule has 172 valence electrons. The Balaban J connectivity index is 1.24. The van der Waals surface area contributed by atoms with Gasteiger partial charge in [-0.15, -0.1) is 0 Å². The van der Waals surface area contributed by atoms with E-state index < -0.39 is 6.10 Å². The number of hydrogen-bond acceptors (Lipinski definition) is 5. The molecule has 0 aliphatic carbocycles. The minimum Gasteiger partial charge on any atom is -0.485 e. The van der Waals surface area contributed by atoms with Gasteiger partial charge in [-0.3, -0.25) is 14.4 Å². The number of anilines is 1. The number of amides is 3. The Kier molecular flexibility index (Phi) is 5.85. The number of piperazine rings is 1. The SMILES string of the molecule is O=C(c1ccc(Cl)cc1N1CCCC1=O)N1CCN(C(=O)[C@@H]2COc3ccccc3O2)CC1. The van der Waals surface area contributed by atoms with Crippen molar-refractivity contribution in [2.75, 3.05) is 44.2 Å². The molecule has 9 heteroatoms. The van der Waals surface area contributed by atoms with Crippen molar-refractivity contribution in [2.24, 2.45) is 0 Å². The van der Waals surface area contributed by atoms with Crippen LogP contribution in [0.3, 0.4) is 0 Å². The number of nitrogens with zero attached hydrogens (tertiary/aromatic N) is 3. The maximum absolute atomic E-state index is 13.3. The van der Waals surface area contributed by atoms with Crippen LogP contribution in [0.5, 0.6) is 11.5 Å². The van der Waals surface area contributed by atoms with E-state index in [0.29, 0.717) is 66.9 Å². The second-order valence-corrected chi connectivity index (χ2v) is 8.73. The van der Waals surface area contributed by atoms with Crippen LogP contribution >= 0.6 is 11.6 Å². The minimum atomic E-state index is -0.703. The Hall–Kier alpha value is -3.26. The van der Waals surface area contributed by atoms with Gasteiger partial charge in [0.15, 0.2) is 11.5 Å². The summed E-state index contributed by atoms with van der Waals surface area (Å²) in [6.45, 7) is 2.33. The molecule has 8 nitrogen and oxygen atoms in total. The van der Waals surface area contributed by atoms with E-state index in [2.05, 4.69) is 0 Å². The largest absolute Gasteiger partial charge is 0.485 e. The van der Waals surface area contributed by atoms with Crippen LogP contribution in [-0.2, 0) is 9.59 Å². The molecule has 2 aromatic rings. The predicted octanol–water partition coefficient (Wildman–Crippen LogP) is 2.59. The highest BCUT2D eigenvalue weighted by molar-refractivity contribution is 6.31. The van der Waals surface area contributed by atoms with E-state index in [0.717, 1.165) is 6.42 Å². The Labute approximate surface area is 196 Å². The molecule has 0 spiro atoms. The fraction of sp³-hybridized carbons (Fsp3) is 0.375. The minimum absolute atomic E-state index is 0.00185. The molecule has 0 N–H and O–H groups in total. The van der Waals surface area contributed by atoms with Gasteiger partial charge >= 0.3 is 0 Å². The van der Waals surface area contributed by atoms with Gasteiger partial charge in [-0.25, -0.2) is 0 Å². The van der Waals surface area contributed by atoms with E-state index in [1.807, 2.05) is 12.1 Å². The lowest BCUT2D eigenvalue weighted by Crippen LogP contribution is -2.55. The molecule has 3 aliphatic rings. The Morgan fingerprint density at radius 2 is 1.67 bits per heavy atom. The number of carbonyl (C=O) groups excluding carboxylic acids is 3. The molecule has 2 aromatic carbocycles. The Bertz CT molecular complexity index is 1100. The summed E-state index contributed by atoms with van der Waals surface area (Å²) in [7, 11) is 0. The van der Waals surface area contributed by atoms with Crippen LogP contribution in [0.1, 0.15) is 23.2 Å². The van der Waals surface area contributed by atoms with E-state index >= 15 is 0 Å². The zero-order valence-corrected chi connectivity index (χ0v) is 18.8. The zero-order chi connectivity index (χ0) is 22.9. The molecule has 0 aromatic heterocycles. The summed E-state index contributed by atoms with van der Waals surface area (Å²) in [5, 5.41) is 0.480. The first-order valence-corrected chi connectivity index (χ1v) is 11.5. The van der Waals surface area contributed by atoms with Crippen molar-refractivity contribution < 1.29 is 23.9 Å². The van der Waals surface area contributed by atoms with Gasteiger partial charge in [0.2, 0.25) is 12.0 Å². The number of hydrogen-bond donors (Lipinski definition) is 0. The quantitative estimate of drug-likeness (QED) is 0.690. The van der Waals surface area contributed by atoms with E-state index in [1.165, 1.54) is 0 Å². The summed E-state index contributed by atoms with van der Waals surface area (Å²) < 4.78 is 11.5. The van der Waals surface area contributed by atoms with Crippen molar-refractivity contribution in [1.82, 2.24) is 9.80 Å². The molecule has 3 aliphatic heterocycles. The van der Waals surface area contributed by atoms with Crippen molar-refractivity contribution in [3.05, 3.63) is 53.1 Å². The smallest absolute Gasteiger partial charge is 0.267 e. The fourth-order valence-corrected chi connectivity index (χ4v) is 4.62. The molecular formula is C24H24ClN3O5. The van der Waals surface area contributed by atoms with Gasteiger partial charge in [0.05, 0.1) is 11.3 Å². The molecule has 0 radical (unpaired) electrons. The maximum atomic E-state index is 13.3.